The molecule has 3 amide bonds. The van der Waals surface area contributed by atoms with Crippen LogP contribution in [0.2, 0.25) is 0 Å². The van der Waals surface area contributed by atoms with Gasteiger partial charge in [-0.1, -0.05) is 50.6 Å². The van der Waals surface area contributed by atoms with Crippen LogP contribution in [-0.2, 0) is 14.4 Å². The number of nitrogens with zero attached hydrogens (tertiary/aromatic N) is 3. The maximum atomic E-state index is 14.6. The van der Waals surface area contributed by atoms with Crippen LogP contribution in [0.5, 0.6) is 0 Å². The van der Waals surface area contributed by atoms with Gasteiger partial charge >= 0.3 is 0 Å². The van der Waals surface area contributed by atoms with Crippen molar-refractivity contribution in [3.63, 3.8) is 0 Å². The van der Waals surface area contributed by atoms with Gasteiger partial charge in [-0.2, -0.15) is 0 Å². The zero-order chi connectivity index (χ0) is 29.7. The molecule has 0 aliphatic carbocycles. The van der Waals surface area contributed by atoms with Gasteiger partial charge < -0.3 is 19.8 Å². The second-order valence-corrected chi connectivity index (χ2v) is 13.4. The molecule has 1 aromatic carbocycles. The van der Waals surface area contributed by atoms with Gasteiger partial charge in [0.05, 0.1) is 16.6 Å². The predicted octanol–water partition coefficient (Wildman–Crippen LogP) is 4.91. The SMILES string of the molecule is C=CCN(C(=O)[C@@H]1[C@H]2C(=O)N(CCCCCO)C(C(=O)N(CC=C)C(C)CCC)C23S[C@@H]1CC3C)c1ccccc1. The molecule has 4 unspecified atom stereocenters. The molecule has 3 heterocycles. The number of carbonyl (C=O) groups is 3. The molecule has 4 rings (SSSR count). The van der Waals surface area contributed by atoms with E-state index in [1.54, 1.807) is 28.8 Å². The molecule has 3 aliphatic heterocycles. The quantitative estimate of drug-likeness (QED) is 0.235. The highest BCUT2D eigenvalue weighted by atomic mass is 32.2. The van der Waals surface area contributed by atoms with Crippen molar-refractivity contribution in [2.75, 3.05) is 31.1 Å². The standard InChI is InChI=1S/C33H47N3O4S/c1-6-15-24(5)34(18-7-2)32(40)29-33-23(4)22-26(41-33)27(28(33)31(39)36(29)20-13-10-14-21-37)30(38)35(19-8-3)25-16-11-9-12-17-25/h7-9,11-12,16-17,23-24,26-29,37H,2-3,6,10,13-15,18-22H2,1,4-5H3/t23?,24?,26-,27+,28+,29?,33?/m1/s1. The Balaban J connectivity index is 1.76. The number of fused-ring (bicyclic) bond motifs is 1. The zero-order valence-electron chi connectivity index (χ0n) is 24.9. The summed E-state index contributed by atoms with van der Waals surface area (Å²) < 4.78 is -0.655. The molecule has 7 nitrogen and oxygen atoms in total. The number of para-hydroxylation sites is 1. The molecule has 1 aromatic rings. The van der Waals surface area contributed by atoms with E-state index >= 15 is 0 Å². The Morgan fingerprint density at radius 2 is 1.85 bits per heavy atom. The Morgan fingerprint density at radius 3 is 2.49 bits per heavy atom. The summed E-state index contributed by atoms with van der Waals surface area (Å²) in [5.74, 6) is -1.09. The number of hydrogen-bond donors (Lipinski definition) is 1. The number of hydrogen-bond acceptors (Lipinski definition) is 5. The van der Waals surface area contributed by atoms with Crippen LogP contribution in [0, 0.1) is 17.8 Å². The summed E-state index contributed by atoms with van der Waals surface area (Å²) in [4.78, 5) is 49.0. The van der Waals surface area contributed by atoms with E-state index in [-0.39, 0.29) is 41.5 Å². The lowest BCUT2D eigenvalue weighted by atomic mass is 9.65. The van der Waals surface area contributed by atoms with Gasteiger partial charge in [0.1, 0.15) is 6.04 Å². The minimum absolute atomic E-state index is 0.0183. The van der Waals surface area contributed by atoms with Crippen molar-refractivity contribution in [2.24, 2.45) is 17.8 Å². The molecule has 0 saturated carbocycles. The van der Waals surface area contributed by atoms with Crippen molar-refractivity contribution in [1.29, 1.82) is 0 Å². The average molecular weight is 582 g/mol. The van der Waals surface area contributed by atoms with Gasteiger partial charge in [0, 0.05) is 43.2 Å². The Bertz CT molecular complexity index is 1110. The molecule has 8 heteroatoms. The number of benzene rings is 1. The number of carbonyl (C=O) groups excluding carboxylic acids is 3. The van der Waals surface area contributed by atoms with Crippen molar-refractivity contribution < 1.29 is 19.5 Å². The van der Waals surface area contributed by atoms with E-state index < -0.39 is 22.6 Å². The summed E-state index contributed by atoms with van der Waals surface area (Å²) in [5, 5.41) is 9.31. The summed E-state index contributed by atoms with van der Waals surface area (Å²) in [5.41, 5.74) is 0.789. The second-order valence-electron chi connectivity index (χ2n) is 11.9. The highest BCUT2D eigenvalue weighted by molar-refractivity contribution is 8.02. The first-order valence-corrected chi connectivity index (χ1v) is 16.1. The number of thioether (sulfide) groups is 1. The Labute approximate surface area is 250 Å². The van der Waals surface area contributed by atoms with Crippen molar-refractivity contribution in [2.45, 2.75) is 81.4 Å². The number of unbranched alkanes of at least 4 members (excludes halogenated alkanes) is 2. The molecule has 1 spiro atoms. The van der Waals surface area contributed by atoms with Gasteiger partial charge in [-0.3, -0.25) is 14.4 Å². The number of likely N-dealkylation sites (tertiary alicyclic amines) is 1. The first-order chi connectivity index (χ1) is 19.8. The molecule has 0 aromatic heterocycles. The number of aliphatic hydroxyl groups excluding tert-OH is 1. The zero-order valence-corrected chi connectivity index (χ0v) is 25.7. The molecule has 41 heavy (non-hydrogen) atoms. The average Bonchev–Trinajstić information content (AvgIpc) is 3.56. The molecule has 1 N–H and O–H groups in total. The smallest absolute Gasteiger partial charge is 0.247 e. The molecule has 3 fully saturated rings. The third-order valence-corrected chi connectivity index (χ3v) is 11.4. The second kappa shape index (κ2) is 13.6. The molecular formula is C33H47N3O4S. The van der Waals surface area contributed by atoms with E-state index in [1.165, 1.54) is 0 Å². The van der Waals surface area contributed by atoms with Crippen LogP contribution in [0.1, 0.15) is 59.3 Å². The summed E-state index contributed by atoms with van der Waals surface area (Å²) >= 11 is 1.72. The van der Waals surface area contributed by atoms with Crippen LogP contribution in [0.25, 0.3) is 0 Å². The van der Waals surface area contributed by atoms with Crippen molar-refractivity contribution in [3.8, 4) is 0 Å². The molecule has 2 bridgehead atoms. The van der Waals surface area contributed by atoms with Gasteiger partial charge in [0.2, 0.25) is 17.7 Å². The fourth-order valence-corrected chi connectivity index (χ4v) is 9.90. The fourth-order valence-electron chi connectivity index (χ4n) is 7.49. The van der Waals surface area contributed by atoms with E-state index in [9.17, 15) is 19.5 Å². The van der Waals surface area contributed by atoms with Crippen LogP contribution in [0.3, 0.4) is 0 Å². The van der Waals surface area contributed by atoms with Crippen LogP contribution in [0.4, 0.5) is 5.69 Å². The summed E-state index contributed by atoms with van der Waals surface area (Å²) in [6, 6.07) is 8.96. The maximum Gasteiger partial charge on any atom is 0.247 e. The van der Waals surface area contributed by atoms with Crippen molar-refractivity contribution >= 4 is 35.2 Å². The lowest BCUT2D eigenvalue weighted by Gasteiger charge is -2.42. The van der Waals surface area contributed by atoms with E-state index in [0.29, 0.717) is 32.5 Å². The minimum Gasteiger partial charge on any atom is -0.396 e. The summed E-state index contributed by atoms with van der Waals surface area (Å²) in [6.45, 7) is 15.5. The Morgan fingerprint density at radius 1 is 1.15 bits per heavy atom. The highest BCUT2D eigenvalue weighted by Gasteiger charge is 2.76. The fraction of sp³-hybridized carbons (Fsp3) is 0.606. The monoisotopic (exact) mass is 581 g/mol. The normalized spacial score (nSPS) is 28.8. The molecule has 224 valence electrons. The van der Waals surface area contributed by atoms with Crippen LogP contribution < -0.4 is 4.90 Å². The Kier molecular flexibility index (Phi) is 10.4. The van der Waals surface area contributed by atoms with Crippen LogP contribution in [-0.4, -0.2) is 80.9 Å². The highest BCUT2D eigenvalue weighted by Crippen LogP contribution is 2.69. The van der Waals surface area contributed by atoms with Crippen LogP contribution >= 0.6 is 11.8 Å². The largest absolute Gasteiger partial charge is 0.396 e. The lowest BCUT2D eigenvalue weighted by Crippen LogP contribution is -2.58. The predicted molar refractivity (Wildman–Crippen MR) is 167 cm³/mol. The van der Waals surface area contributed by atoms with Gasteiger partial charge in [0.15, 0.2) is 0 Å². The molecule has 7 atom stereocenters. The van der Waals surface area contributed by atoms with Gasteiger partial charge in [-0.05, 0) is 57.1 Å². The number of aliphatic hydroxyl groups is 1. The number of amides is 3. The summed E-state index contributed by atoms with van der Waals surface area (Å²) in [6.07, 6.45) is 8.25. The van der Waals surface area contributed by atoms with Crippen molar-refractivity contribution in [1.82, 2.24) is 9.80 Å². The topological polar surface area (TPSA) is 81.2 Å². The first-order valence-electron chi connectivity index (χ1n) is 15.3. The van der Waals surface area contributed by atoms with E-state index in [1.807, 2.05) is 40.1 Å². The van der Waals surface area contributed by atoms with Gasteiger partial charge in [0.25, 0.3) is 0 Å². The van der Waals surface area contributed by atoms with Crippen molar-refractivity contribution in [3.05, 3.63) is 55.6 Å². The molecule has 3 aliphatic rings. The number of anilines is 1. The van der Waals surface area contributed by atoms with E-state index in [2.05, 4.69) is 33.9 Å². The Hall–Kier alpha value is -2.58. The van der Waals surface area contributed by atoms with Crippen LogP contribution in [0.15, 0.2) is 55.6 Å². The first kappa shape index (κ1) is 31.4. The minimum atomic E-state index is -0.655. The lowest BCUT2D eigenvalue weighted by molar-refractivity contribution is -0.144. The van der Waals surface area contributed by atoms with Gasteiger partial charge in [-0.25, -0.2) is 0 Å². The van der Waals surface area contributed by atoms with E-state index in [0.717, 1.165) is 31.4 Å². The van der Waals surface area contributed by atoms with Gasteiger partial charge in [-0.15, -0.1) is 24.9 Å². The molecular weight excluding hydrogens is 534 g/mol. The third kappa shape index (κ3) is 5.62. The summed E-state index contributed by atoms with van der Waals surface area (Å²) in [7, 11) is 0. The molecule has 3 saturated heterocycles. The van der Waals surface area contributed by atoms with E-state index in [4.69, 9.17) is 0 Å². The maximum absolute atomic E-state index is 14.6. The number of rotatable bonds is 15. The third-order valence-electron chi connectivity index (χ3n) is 9.31. The molecule has 0 radical (unpaired) electrons.